The van der Waals surface area contributed by atoms with Crippen molar-refractivity contribution in [2.24, 2.45) is 0 Å². The van der Waals surface area contributed by atoms with Gasteiger partial charge in [-0.2, -0.15) is 9.50 Å². The van der Waals surface area contributed by atoms with Crippen LogP contribution in [0, 0.1) is 13.8 Å². The standard InChI is InChI=1S/C19H18N6O2S/c1-13-12-18(25-19(20-13)21-14(2)23-25)22-15-8-10-17(11-9-15)28(26,27)24-16-6-4-3-5-7-16/h3-12,22,24H,1-2H3. The molecule has 4 aromatic rings. The third kappa shape index (κ3) is 3.65. The lowest BCUT2D eigenvalue weighted by molar-refractivity contribution is 0.601. The van der Waals surface area contributed by atoms with Gasteiger partial charge < -0.3 is 5.32 Å². The van der Waals surface area contributed by atoms with Crippen molar-refractivity contribution in [2.75, 3.05) is 10.0 Å². The zero-order valence-corrected chi connectivity index (χ0v) is 16.1. The third-order valence-corrected chi connectivity index (χ3v) is 5.41. The molecular weight excluding hydrogens is 376 g/mol. The summed E-state index contributed by atoms with van der Waals surface area (Å²) in [6, 6.07) is 17.1. The van der Waals surface area contributed by atoms with Crippen LogP contribution in [0.3, 0.4) is 0 Å². The molecule has 142 valence electrons. The molecule has 0 unspecified atom stereocenters. The number of nitrogens with one attached hydrogen (secondary N) is 2. The molecule has 9 heteroatoms. The number of nitrogens with zero attached hydrogens (tertiary/aromatic N) is 4. The minimum absolute atomic E-state index is 0.176. The minimum Gasteiger partial charge on any atom is -0.340 e. The molecule has 2 aromatic heterocycles. The van der Waals surface area contributed by atoms with E-state index in [2.05, 4.69) is 25.1 Å². The Hall–Kier alpha value is -3.46. The Bertz CT molecular complexity index is 1230. The summed E-state index contributed by atoms with van der Waals surface area (Å²) >= 11 is 0. The van der Waals surface area contributed by atoms with Crippen molar-refractivity contribution in [3.05, 3.63) is 72.2 Å². The number of rotatable bonds is 5. The first-order valence-electron chi connectivity index (χ1n) is 8.57. The molecule has 0 bridgehead atoms. The maximum Gasteiger partial charge on any atom is 0.261 e. The summed E-state index contributed by atoms with van der Waals surface area (Å²) in [4.78, 5) is 8.80. The van der Waals surface area contributed by atoms with Crippen LogP contribution in [0.15, 0.2) is 65.6 Å². The highest BCUT2D eigenvalue weighted by molar-refractivity contribution is 7.92. The van der Waals surface area contributed by atoms with Crippen LogP contribution < -0.4 is 10.0 Å². The number of para-hydroxylation sites is 1. The zero-order valence-electron chi connectivity index (χ0n) is 15.3. The maximum atomic E-state index is 12.5. The summed E-state index contributed by atoms with van der Waals surface area (Å²) in [5.74, 6) is 1.82. The Morgan fingerprint density at radius 3 is 2.32 bits per heavy atom. The fraction of sp³-hybridized carbons (Fsp3) is 0.105. The Labute approximate surface area is 162 Å². The fourth-order valence-corrected chi connectivity index (χ4v) is 3.82. The second-order valence-corrected chi connectivity index (χ2v) is 7.96. The van der Waals surface area contributed by atoms with Gasteiger partial charge in [0.1, 0.15) is 11.6 Å². The molecule has 0 saturated carbocycles. The lowest BCUT2D eigenvalue weighted by Crippen LogP contribution is -2.12. The van der Waals surface area contributed by atoms with Crippen molar-refractivity contribution in [1.82, 2.24) is 19.6 Å². The van der Waals surface area contributed by atoms with Gasteiger partial charge in [0.15, 0.2) is 0 Å². The second-order valence-electron chi connectivity index (χ2n) is 6.27. The summed E-state index contributed by atoms with van der Waals surface area (Å²) in [7, 11) is -3.66. The van der Waals surface area contributed by atoms with Crippen molar-refractivity contribution >= 4 is 33.0 Å². The fourth-order valence-electron chi connectivity index (χ4n) is 2.76. The summed E-state index contributed by atoms with van der Waals surface area (Å²) in [5.41, 5.74) is 2.04. The molecule has 2 heterocycles. The molecule has 0 amide bonds. The van der Waals surface area contributed by atoms with Gasteiger partial charge in [-0.25, -0.2) is 13.4 Å². The first kappa shape index (κ1) is 17.9. The average molecular weight is 394 g/mol. The van der Waals surface area contributed by atoms with Gasteiger partial charge in [-0.3, -0.25) is 4.72 Å². The summed E-state index contributed by atoms with van der Waals surface area (Å²) in [6.07, 6.45) is 0. The highest BCUT2D eigenvalue weighted by Gasteiger charge is 2.14. The molecule has 0 radical (unpaired) electrons. The minimum atomic E-state index is -3.66. The Morgan fingerprint density at radius 2 is 1.61 bits per heavy atom. The van der Waals surface area contributed by atoms with Gasteiger partial charge >= 0.3 is 0 Å². The predicted molar refractivity (Wildman–Crippen MR) is 107 cm³/mol. The molecule has 0 saturated heterocycles. The Kier molecular flexibility index (Phi) is 4.44. The van der Waals surface area contributed by atoms with Crippen molar-refractivity contribution in [2.45, 2.75) is 18.7 Å². The van der Waals surface area contributed by atoms with Crippen LogP contribution >= 0.6 is 0 Å². The van der Waals surface area contributed by atoms with E-state index in [-0.39, 0.29) is 4.90 Å². The van der Waals surface area contributed by atoms with Gasteiger partial charge in [-0.15, -0.1) is 5.10 Å². The van der Waals surface area contributed by atoms with Gasteiger partial charge in [0.2, 0.25) is 0 Å². The smallest absolute Gasteiger partial charge is 0.261 e. The van der Waals surface area contributed by atoms with Crippen molar-refractivity contribution in [1.29, 1.82) is 0 Å². The van der Waals surface area contributed by atoms with Crippen molar-refractivity contribution in [3.8, 4) is 0 Å². The SMILES string of the molecule is Cc1cc(Nc2ccc(S(=O)(=O)Nc3ccccc3)cc2)n2nc(C)nc2n1. The van der Waals surface area contributed by atoms with Crippen molar-refractivity contribution in [3.63, 3.8) is 0 Å². The van der Waals surface area contributed by atoms with Crippen molar-refractivity contribution < 1.29 is 8.42 Å². The van der Waals surface area contributed by atoms with E-state index in [1.54, 1.807) is 60.0 Å². The highest BCUT2D eigenvalue weighted by atomic mass is 32.2. The molecule has 0 aliphatic carbocycles. The number of aromatic nitrogens is 4. The molecule has 8 nitrogen and oxygen atoms in total. The lowest BCUT2D eigenvalue weighted by Gasteiger charge is -2.11. The van der Waals surface area contributed by atoms with E-state index in [0.717, 1.165) is 11.4 Å². The summed E-state index contributed by atoms with van der Waals surface area (Å²) in [5, 5.41) is 7.56. The van der Waals surface area contributed by atoms with Gasteiger partial charge in [0.25, 0.3) is 15.8 Å². The number of fused-ring (bicyclic) bond motifs is 1. The first-order chi connectivity index (χ1) is 13.4. The van der Waals surface area contributed by atoms with Crippen LogP contribution in [0.2, 0.25) is 0 Å². The molecule has 2 aromatic carbocycles. The quantitative estimate of drug-likeness (QED) is 0.539. The van der Waals surface area contributed by atoms with E-state index < -0.39 is 10.0 Å². The van der Waals surface area contributed by atoms with Crippen LogP contribution in [0.25, 0.3) is 5.78 Å². The predicted octanol–water partition coefficient (Wildman–Crippen LogP) is 3.29. The Balaban J connectivity index is 1.59. The summed E-state index contributed by atoms with van der Waals surface area (Å²) < 4.78 is 29.2. The number of anilines is 3. The van der Waals surface area contributed by atoms with Crippen LogP contribution in [0.4, 0.5) is 17.2 Å². The molecule has 0 fully saturated rings. The molecule has 0 aliphatic heterocycles. The molecule has 2 N–H and O–H groups in total. The van der Waals surface area contributed by atoms with Crippen LogP contribution in [0.1, 0.15) is 11.5 Å². The lowest BCUT2D eigenvalue weighted by atomic mass is 10.3. The largest absolute Gasteiger partial charge is 0.340 e. The van der Waals surface area contributed by atoms with E-state index in [9.17, 15) is 8.42 Å². The van der Waals surface area contributed by atoms with Crippen LogP contribution in [0.5, 0.6) is 0 Å². The topological polar surface area (TPSA) is 101 Å². The summed E-state index contributed by atoms with van der Waals surface area (Å²) in [6.45, 7) is 3.67. The number of hydrogen-bond acceptors (Lipinski definition) is 6. The number of aryl methyl sites for hydroxylation is 2. The molecule has 0 spiro atoms. The number of sulfonamides is 1. The van der Waals surface area contributed by atoms with E-state index >= 15 is 0 Å². The highest BCUT2D eigenvalue weighted by Crippen LogP contribution is 2.21. The molecular formula is C19H18N6O2S. The van der Waals surface area contributed by atoms with Crippen LogP contribution in [-0.4, -0.2) is 28.0 Å². The first-order valence-corrected chi connectivity index (χ1v) is 10.0. The van der Waals surface area contributed by atoms with E-state index in [1.165, 1.54) is 0 Å². The second kappa shape index (κ2) is 6.93. The molecule has 4 rings (SSSR count). The normalized spacial score (nSPS) is 11.5. The van der Waals surface area contributed by atoms with Gasteiger partial charge in [0.05, 0.1) is 4.90 Å². The van der Waals surface area contributed by atoms with E-state index in [1.807, 2.05) is 19.1 Å². The maximum absolute atomic E-state index is 12.5. The number of hydrogen-bond donors (Lipinski definition) is 2. The monoisotopic (exact) mass is 394 g/mol. The van der Waals surface area contributed by atoms with E-state index in [4.69, 9.17) is 0 Å². The zero-order chi connectivity index (χ0) is 19.7. The van der Waals surface area contributed by atoms with Crippen LogP contribution in [-0.2, 0) is 10.0 Å². The average Bonchev–Trinajstić information content (AvgIpc) is 3.03. The molecule has 0 atom stereocenters. The molecule has 28 heavy (non-hydrogen) atoms. The molecule has 0 aliphatic rings. The van der Waals surface area contributed by atoms with Gasteiger partial charge in [-0.05, 0) is 50.2 Å². The Morgan fingerprint density at radius 1 is 0.893 bits per heavy atom. The van der Waals surface area contributed by atoms with Gasteiger partial charge in [-0.1, -0.05) is 18.2 Å². The number of benzene rings is 2. The van der Waals surface area contributed by atoms with Gasteiger partial charge in [0, 0.05) is 23.1 Å². The third-order valence-electron chi connectivity index (χ3n) is 4.01. The van der Waals surface area contributed by atoms with E-state index in [0.29, 0.717) is 23.1 Å².